The molecular formula is C19H16FN3O3. The molecule has 0 saturated heterocycles. The van der Waals surface area contributed by atoms with Crippen molar-refractivity contribution in [1.29, 1.82) is 0 Å². The predicted molar refractivity (Wildman–Crippen MR) is 96.4 cm³/mol. The summed E-state index contributed by atoms with van der Waals surface area (Å²) in [6.07, 6.45) is 1.74. The number of H-pyrrole nitrogens is 1. The fourth-order valence-corrected chi connectivity index (χ4v) is 2.61. The van der Waals surface area contributed by atoms with Gasteiger partial charge in [-0.1, -0.05) is 31.2 Å². The van der Waals surface area contributed by atoms with Gasteiger partial charge in [-0.05, 0) is 30.7 Å². The van der Waals surface area contributed by atoms with Crippen LogP contribution in [0.1, 0.15) is 28.5 Å². The maximum atomic E-state index is 14.0. The van der Waals surface area contributed by atoms with E-state index in [9.17, 15) is 19.1 Å². The van der Waals surface area contributed by atoms with E-state index >= 15 is 0 Å². The maximum Gasteiger partial charge on any atom is 0.338 e. The molecule has 7 heteroatoms. The average Bonchev–Trinajstić information content (AvgIpc) is 2.97. The van der Waals surface area contributed by atoms with Gasteiger partial charge in [0, 0.05) is 11.9 Å². The summed E-state index contributed by atoms with van der Waals surface area (Å²) >= 11 is 0. The summed E-state index contributed by atoms with van der Waals surface area (Å²) < 4.78 is 15.4. The normalized spacial score (nSPS) is 11.2. The number of hydrogen-bond acceptors (Lipinski definition) is 3. The number of nitrogens with one attached hydrogen (secondary N) is 1. The van der Waals surface area contributed by atoms with E-state index in [2.05, 4.69) is 10.1 Å². The summed E-state index contributed by atoms with van der Waals surface area (Å²) in [5.41, 5.74) is 0.618. The van der Waals surface area contributed by atoms with Gasteiger partial charge < -0.3 is 5.11 Å². The third-order valence-electron chi connectivity index (χ3n) is 3.91. The zero-order chi connectivity index (χ0) is 18.7. The first-order valence-electron chi connectivity index (χ1n) is 7.98. The zero-order valence-electron chi connectivity index (χ0n) is 13.9. The van der Waals surface area contributed by atoms with E-state index in [1.165, 1.54) is 23.0 Å². The lowest BCUT2D eigenvalue weighted by Gasteiger charge is -2.01. The van der Waals surface area contributed by atoms with Crippen LogP contribution in [0.5, 0.6) is 0 Å². The van der Waals surface area contributed by atoms with E-state index in [1.807, 2.05) is 13.0 Å². The highest BCUT2D eigenvalue weighted by molar-refractivity contribution is 5.95. The summed E-state index contributed by atoms with van der Waals surface area (Å²) in [6, 6.07) is 12.7. The van der Waals surface area contributed by atoms with Crippen LogP contribution in [0.25, 0.3) is 5.69 Å². The second kappa shape index (κ2) is 7.18. The summed E-state index contributed by atoms with van der Waals surface area (Å²) in [7, 11) is 0. The second-order valence-electron chi connectivity index (χ2n) is 5.53. The fourth-order valence-electron chi connectivity index (χ4n) is 2.61. The summed E-state index contributed by atoms with van der Waals surface area (Å²) in [5.74, 6) is -2.05. The van der Waals surface area contributed by atoms with Crippen LogP contribution in [0.3, 0.4) is 0 Å². The molecule has 1 aromatic heterocycles. The number of aromatic carboxylic acids is 1. The van der Waals surface area contributed by atoms with Crippen molar-refractivity contribution < 1.29 is 14.3 Å². The summed E-state index contributed by atoms with van der Waals surface area (Å²) in [5, 5.41) is 12.2. The molecule has 1 heterocycles. The Morgan fingerprint density at radius 3 is 2.62 bits per heavy atom. The van der Waals surface area contributed by atoms with Crippen molar-refractivity contribution in [3.05, 3.63) is 81.5 Å². The molecule has 0 aliphatic carbocycles. The quantitative estimate of drug-likeness (QED) is 0.690. The van der Waals surface area contributed by atoms with Crippen LogP contribution in [0.2, 0.25) is 0 Å². The minimum Gasteiger partial charge on any atom is -0.478 e. The van der Waals surface area contributed by atoms with Gasteiger partial charge in [0.15, 0.2) is 0 Å². The van der Waals surface area contributed by atoms with Gasteiger partial charge in [0.2, 0.25) is 0 Å². The van der Waals surface area contributed by atoms with Crippen LogP contribution in [0.15, 0.2) is 58.3 Å². The number of rotatable bonds is 5. The Kier molecular flexibility index (Phi) is 4.79. The molecule has 0 amide bonds. The van der Waals surface area contributed by atoms with E-state index in [0.717, 1.165) is 6.07 Å². The molecule has 132 valence electrons. The molecular weight excluding hydrogens is 337 g/mol. The number of hydrogen-bond donors (Lipinski definition) is 2. The molecule has 0 spiro atoms. The van der Waals surface area contributed by atoms with Crippen molar-refractivity contribution >= 4 is 17.9 Å². The number of aromatic nitrogens is 2. The van der Waals surface area contributed by atoms with Gasteiger partial charge in [-0.2, -0.15) is 0 Å². The maximum absolute atomic E-state index is 14.0. The molecule has 0 unspecified atom stereocenters. The molecule has 0 atom stereocenters. The molecule has 0 bridgehead atoms. The first kappa shape index (κ1) is 17.3. The highest BCUT2D eigenvalue weighted by atomic mass is 19.1. The highest BCUT2D eigenvalue weighted by Gasteiger charge is 2.15. The minimum atomic E-state index is -1.29. The standard InChI is InChI=1S/C19H16FN3O3/c1-2-16-14(18(24)23(22-16)12-7-4-3-5-8-12)11-21-17-13(19(25)26)9-6-10-15(17)20/h3-11,22H,2H2,1H3,(H,25,26). The molecule has 0 radical (unpaired) electrons. The number of carboxylic acids is 1. The Balaban J connectivity index is 2.10. The molecule has 3 aromatic rings. The third kappa shape index (κ3) is 3.19. The fraction of sp³-hybridized carbons (Fsp3) is 0.105. The van der Waals surface area contributed by atoms with Crippen molar-refractivity contribution in [2.75, 3.05) is 0 Å². The Morgan fingerprint density at radius 1 is 1.23 bits per heavy atom. The topological polar surface area (TPSA) is 87.5 Å². The lowest BCUT2D eigenvalue weighted by atomic mass is 10.1. The van der Waals surface area contributed by atoms with Gasteiger partial charge in [0.1, 0.15) is 11.5 Å². The molecule has 6 nitrogen and oxygen atoms in total. The van der Waals surface area contributed by atoms with E-state index in [-0.39, 0.29) is 22.4 Å². The molecule has 0 saturated carbocycles. The lowest BCUT2D eigenvalue weighted by molar-refractivity contribution is 0.0697. The van der Waals surface area contributed by atoms with E-state index in [1.54, 1.807) is 24.3 Å². The van der Waals surface area contributed by atoms with E-state index < -0.39 is 11.8 Å². The minimum absolute atomic E-state index is 0.260. The highest BCUT2D eigenvalue weighted by Crippen LogP contribution is 2.23. The van der Waals surface area contributed by atoms with Crippen LogP contribution < -0.4 is 5.56 Å². The average molecular weight is 353 g/mol. The lowest BCUT2D eigenvalue weighted by Crippen LogP contribution is -2.17. The van der Waals surface area contributed by atoms with Crippen molar-refractivity contribution in [3.8, 4) is 5.69 Å². The van der Waals surface area contributed by atoms with E-state index in [0.29, 0.717) is 17.8 Å². The molecule has 26 heavy (non-hydrogen) atoms. The van der Waals surface area contributed by atoms with Gasteiger partial charge in [0.25, 0.3) is 5.56 Å². The molecule has 2 aromatic carbocycles. The summed E-state index contributed by atoms with van der Waals surface area (Å²) in [4.78, 5) is 27.9. The van der Waals surface area contributed by atoms with Crippen LogP contribution in [-0.2, 0) is 6.42 Å². The number of aryl methyl sites for hydroxylation is 1. The third-order valence-corrected chi connectivity index (χ3v) is 3.91. The molecule has 0 aliphatic rings. The van der Waals surface area contributed by atoms with Crippen LogP contribution >= 0.6 is 0 Å². The number of para-hydroxylation sites is 2. The van der Waals surface area contributed by atoms with Crippen LogP contribution in [-0.4, -0.2) is 27.1 Å². The molecule has 3 rings (SSSR count). The second-order valence-corrected chi connectivity index (χ2v) is 5.53. The van der Waals surface area contributed by atoms with Crippen molar-refractivity contribution in [2.45, 2.75) is 13.3 Å². The number of aromatic amines is 1. The van der Waals surface area contributed by atoms with Crippen molar-refractivity contribution in [3.63, 3.8) is 0 Å². The van der Waals surface area contributed by atoms with E-state index in [4.69, 9.17) is 0 Å². The number of halogens is 1. The summed E-state index contributed by atoms with van der Waals surface area (Å²) in [6.45, 7) is 1.86. The molecule has 0 aliphatic heterocycles. The SMILES string of the molecule is CCc1[nH]n(-c2ccccc2)c(=O)c1C=Nc1c(F)cccc1C(=O)O. The predicted octanol–water partition coefficient (Wildman–Crippen LogP) is 3.32. The Bertz CT molecular complexity index is 1040. The van der Waals surface area contributed by atoms with Crippen molar-refractivity contribution in [1.82, 2.24) is 9.78 Å². The first-order valence-corrected chi connectivity index (χ1v) is 7.98. The zero-order valence-corrected chi connectivity index (χ0v) is 13.9. The van der Waals surface area contributed by atoms with Gasteiger partial charge >= 0.3 is 5.97 Å². The number of carbonyl (C=O) groups is 1. The molecule has 0 fully saturated rings. The molecule has 2 N–H and O–H groups in total. The number of aliphatic imine (C=N–C) groups is 1. The smallest absolute Gasteiger partial charge is 0.338 e. The van der Waals surface area contributed by atoms with Crippen LogP contribution in [0, 0.1) is 5.82 Å². The van der Waals surface area contributed by atoms with Gasteiger partial charge in [-0.3, -0.25) is 14.9 Å². The van der Waals surface area contributed by atoms with Crippen LogP contribution in [0.4, 0.5) is 10.1 Å². The van der Waals surface area contributed by atoms with Gasteiger partial charge in [-0.25, -0.2) is 13.9 Å². The number of carboxylic acid groups (broad SMARTS) is 1. The Labute approximate surface area is 148 Å². The Morgan fingerprint density at radius 2 is 1.96 bits per heavy atom. The van der Waals surface area contributed by atoms with Gasteiger partial charge in [-0.15, -0.1) is 0 Å². The first-order chi connectivity index (χ1) is 12.5. The Hall–Kier alpha value is -3.48. The number of nitrogens with zero attached hydrogens (tertiary/aromatic N) is 2. The number of benzene rings is 2. The van der Waals surface area contributed by atoms with Crippen molar-refractivity contribution in [2.24, 2.45) is 4.99 Å². The monoisotopic (exact) mass is 353 g/mol. The largest absolute Gasteiger partial charge is 0.478 e. The van der Waals surface area contributed by atoms with Gasteiger partial charge in [0.05, 0.1) is 16.8 Å².